The molecular formula is C11H14N2O3. The van der Waals surface area contributed by atoms with E-state index < -0.39 is 0 Å². The number of hydrogen-bond donors (Lipinski definition) is 2. The highest BCUT2D eigenvalue weighted by molar-refractivity contribution is 5.96. The van der Waals surface area contributed by atoms with E-state index in [-0.39, 0.29) is 23.3 Å². The van der Waals surface area contributed by atoms with Gasteiger partial charge in [0.05, 0.1) is 11.8 Å². The Morgan fingerprint density at radius 3 is 2.94 bits per heavy atom. The van der Waals surface area contributed by atoms with Crippen molar-refractivity contribution in [1.82, 2.24) is 10.3 Å². The minimum absolute atomic E-state index is 0.0907. The molecule has 0 saturated carbocycles. The third-order valence-electron chi connectivity index (χ3n) is 2.60. The molecule has 5 heteroatoms. The summed E-state index contributed by atoms with van der Waals surface area (Å²) >= 11 is 0. The third kappa shape index (κ3) is 2.49. The highest BCUT2D eigenvalue weighted by atomic mass is 16.5. The molecule has 0 aromatic carbocycles. The Kier molecular flexibility index (Phi) is 3.36. The Hall–Kier alpha value is -1.62. The maximum absolute atomic E-state index is 11.8. The van der Waals surface area contributed by atoms with Crippen LogP contribution in [0.2, 0.25) is 0 Å². The molecule has 1 aromatic rings. The van der Waals surface area contributed by atoms with Gasteiger partial charge in [-0.25, -0.2) is 0 Å². The van der Waals surface area contributed by atoms with E-state index in [9.17, 15) is 9.90 Å². The minimum Gasteiger partial charge on any atom is -0.505 e. The van der Waals surface area contributed by atoms with Crippen LogP contribution in [0.1, 0.15) is 23.2 Å². The molecule has 1 aromatic heterocycles. The van der Waals surface area contributed by atoms with Gasteiger partial charge in [0.1, 0.15) is 5.75 Å². The number of nitrogens with zero attached hydrogens (tertiary/aromatic N) is 1. The molecule has 1 fully saturated rings. The summed E-state index contributed by atoms with van der Waals surface area (Å²) in [6, 6.07) is 1.64. The van der Waals surface area contributed by atoms with Crippen LogP contribution in [0, 0.1) is 0 Å². The Morgan fingerprint density at radius 2 is 2.25 bits per heavy atom. The molecule has 0 unspecified atom stereocenters. The highest BCUT2D eigenvalue weighted by Gasteiger charge is 2.18. The van der Waals surface area contributed by atoms with Crippen LogP contribution in [0.25, 0.3) is 0 Å². The van der Waals surface area contributed by atoms with Crippen molar-refractivity contribution in [3.05, 3.63) is 24.0 Å². The number of hydrogen-bond acceptors (Lipinski definition) is 4. The zero-order valence-corrected chi connectivity index (χ0v) is 8.85. The molecule has 0 spiro atoms. The van der Waals surface area contributed by atoms with Crippen molar-refractivity contribution in [1.29, 1.82) is 0 Å². The van der Waals surface area contributed by atoms with Crippen molar-refractivity contribution in [3.8, 4) is 5.75 Å². The Labute approximate surface area is 93.5 Å². The zero-order chi connectivity index (χ0) is 11.4. The fourth-order valence-electron chi connectivity index (χ4n) is 1.68. The summed E-state index contributed by atoms with van der Waals surface area (Å²) in [4.78, 5) is 15.5. The van der Waals surface area contributed by atoms with Crippen LogP contribution in [0.15, 0.2) is 18.5 Å². The average molecular weight is 222 g/mol. The summed E-state index contributed by atoms with van der Waals surface area (Å²) < 4.78 is 5.20. The summed E-state index contributed by atoms with van der Waals surface area (Å²) in [5, 5.41) is 12.3. The number of rotatable bonds is 2. The predicted octanol–water partition coefficient (Wildman–Crippen LogP) is 0.696. The molecule has 0 atom stereocenters. The second-order valence-electron chi connectivity index (χ2n) is 3.75. The van der Waals surface area contributed by atoms with Crippen LogP contribution in [-0.2, 0) is 4.74 Å². The second-order valence-corrected chi connectivity index (χ2v) is 3.75. The maximum Gasteiger partial charge on any atom is 0.255 e. The maximum atomic E-state index is 11.8. The molecular weight excluding hydrogens is 208 g/mol. The van der Waals surface area contributed by atoms with E-state index in [1.807, 2.05) is 0 Å². The molecule has 2 heterocycles. The van der Waals surface area contributed by atoms with E-state index >= 15 is 0 Å². The lowest BCUT2D eigenvalue weighted by Crippen LogP contribution is -2.38. The van der Waals surface area contributed by atoms with Crippen molar-refractivity contribution < 1.29 is 14.6 Å². The standard InChI is InChI=1S/C11H14N2O3/c14-10-7-12-4-1-9(10)11(15)13-8-2-5-16-6-3-8/h1,4,7-8,14H,2-3,5-6H2,(H,13,15). The van der Waals surface area contributed by atoms with E-state index in [4.69, 9.17) is 4.74 Å². The van der Waals surface area contributed by atoms with E-state index in [1.54, 1.807) is 0 Å². The molecule has 2 N–H and O–H groups in total. The molecule has 16 heavy (non-hydrogen) atoms. The second kappa shape index (κ2) is 4.94. The van der Waals surface area contributed by atoms with Gasteiger partial charge < -0.3 is 15.2 Å². The monoisotopic (exact) mass is 222 g/mol. The van der Waals surface area contributed by atoms with Crippen LogP contribution in [0.3, 0.4) is 0 Å². The first kappa shape index (κ1) is 10.9. The molecule has 0 bridgehead atoms. The van der Waals surface area contributed by atoms with Crippen molar-refractivity contribution in [2.24, 2.45) is 0 Å². The smallest absolute Gasteiger partial charge is 0.255 e. The molecule has 5 nitrogen and oxygen atoms in total. The van der Waals surface area contributed by atoms with Gasteiger partial charge in [-0.05, 0) is 18.9 Å². The molecule has 1 saturated heterocycles. The molecule has 1 aliphatic heterocycles. The number of carbonyl (C=O) groups excluding carboxylic acids is 1. The number of nitrogens with one attached hydrogen (secondary N) is 1. The van der Waals surface area contributed by atoms with Crippen molar-refractivity contribution in [2.75, 3.05) is 13.2 Å². The highest BCUT2D eigenvalue weighted by Crippen LogP contribution is 2.15. The first-order valence-corrected chi connectivity index (χ1v) is 5.29. The number of ether oxygens (including phenoxy) is 1. The SMILES string of the molecule is O=C(NC1CCOCC1)c1ccncc1O. The number of aromatic nitrogens is 1. The Bertz CT molecular complexity index is 375. The zero-order valence-electron chi connectivity index (χ0n) is 8.85. The lowest BCUT2D eigenvalue weighted by atomic mass is 10.1. The lowest BCUT2D eigenvalue weighted by Gasteiger charge is -2.23. The topological polar surface area (TPSA) is 71.5 Å². The molecule has 0 aliphatic carbocycles. The van der Waals surface area contributed by atoms with Gasteiger partial charge in [-0.3, -0.25) is 9.78 Å². The summed E-state index contributed by atoms with van der Waals surface area (Å²) in [5.41, 5.74) is 0.265. The summed E-state index contributed by atoms with van der Waals surface area (Å²) in [6.07, 6.45) is 4.38. The third-order valence-corrected chi connectivity index (χ3v) is 2.60. The van der Waals surface area contributed by atoms with Gasteiger partial charge in [0.2, 0.25) is 0 Å². The molecule has 1 amide bonds. The average Bonchev–Trinajstić information content (AvgIpc) is 2.31. The number of aromatic hydroxyl groups is 1. The Morgan fingerprint density at radius 1 is 1.50 bits per heavy atom. The van der Waals surface area contributed by atoms with E-state index in [0.29, 0.717) is 13.2 Å². The summed E-state index contributed by atoms with van der Waals surface area (Å²) in [5.74, 6) is -0.348. The van der Waals surface area contributed by atoms with Crippen LogP contribution < -0.4 is 5.32 Å². The van der Waals surface area contributed by atoms with Gasteiger partial charge in [0.15, 0.2) is 0 Å². The van der Waals surface area contributed by atoms with Crippen LogP contribution >= 0.6 is 0 Å². The summed E-state index contributed by atoms with van der Waals surface area (Å²) in [7, 11) is 0. The summed E-state index contributed by atoms with van der Waals surface area (Å²) in [6.45, 7) is 1.35. The predicted molar refractivity (Wildman–Crippen MR) is 57.2 cm³/mol. The first-order chi connectivity index (χ1) is 7.77. The van der Waals surface area contributed by atoms with Gasteiger partial charge in [-0.2, -0.15) is 0 Å². The number of carbonyl (C=O) groups is 1. The Balaban J connectivity index is 2.00. The molecule has 1 aliphatic rings. The van der Waals surface area contributed by atoms with Gasteiger partial charge in [-0.1, -0.05) is 0 Å². The minimum atomic E-state index is -0.258. The lowest BCUT2D eigenvalue weighted by molar-refractivity contribution is 0.0695. The quantitative estimate of drug-likeness (QED) is 0.772. The normalized spacial score (nSPS) is 17.0. The number of amides is 1. The number of pyridine rings is 1. The van der Waals surface area contributed by atoms with E-state index in [0.717, 1.165) is 12.8 Å². The fourth-order valence-corrected chi connectivity index (χ4v) is 1.68. The van der Waals surface area contributed by atoms with Crippen molar-refractivity contribution >= 4 is 5.91 Å². The van der Waals surface area contributed by atoms with Crippen LogP contribution in [0.4, 0.5) is 0 Å². The van der Waals surface area contributed by atoms with Gasteiger partial charge in [0, 0.05) is 25.5 Å². The van der Waals surface area contributed by atoms with Gasteiger partial charge >= 0.3 is 0 Å². The van der Waals surface area contributed by atoms with Crippen LogP contribution in [-0.4, -0.2) is 35.3 Å². The first-order valence-electron chi connectivity index (χ1n) is 5.29. The molecule has 2 rings (SSSR count). The largest absolute Gasteiger partial charge is 0.505 e. The molecule has 0 radical (unpaired) electrons. The van der Waals surface area contributed by atoms with Crippen molar-refractivity contribution in [2.45, 2.75) is 18.9 Å². The van der Waals surface area contributed by atoms with E-state index in [2.05, 4.69) is 10.3 Å². The van der Waals surface area contributed by atoms with Crippen LogP contribution in [0.5, 0.6) is 5.75 Å². The van der Waals surface area contributed by atoms with Gasteiger partial charge in [-0.15, -0.1) is 0 Å². The van der Waals surface area contributed by atoms with Gasteiger partial charge in [0.25, 0.3) is 5.91 Å². The van der Waals surface area contributed by atoms with Crippen molar-refractivity contribution in [3.63, 3.8) is 0 Å². The fraction of sp³-hybridized carbons (Fsp3) is 0.455. The molecule has 86 valence electrons. The van der Waals surface area contributed by atoms with E-state index in [1.165, 1.54) is 18.5 Å².